The standard InChI is InChI=1S/C24H22O5/c1-2-28-20-11-8-18(24(15-20)29-16-17-6-4-3-5-7-17)9-13-22(26)21-12-10-19(25)14-23(21)27/h3-15,25,27H,2,16H2,1H3. The van der Waals surface area contributed by atoms with Gasteiger partial charge in [-0.1, -0.05) is 30.3 Å². The Balaban J connectivity index is 1.82. The number of ether oxygens (including phenoxy) is 2. The zero-order valence-corrected chi connectivity index (χ0v) is 16.0. The SMILES string of the molecule is CCOc1ccc(C=CC(=O)c2ccc(O)cc2O)c(OCc2ccccc2)c1. The van der Waals surface area contributed by atoms with Gasteiger partial charge in [0.25, 0.3) is 0 Å². The van der Waals surface area contributed by atoms with Crippen molar-refractivity contribution in [3.63, 3.8) is 0 Å². The van der Waals surface area contributed by atoms with Crippen molar-refractivity contribution < 1.29 is 24.5 Å². The van der Waals surface area contributed by atoms with E-state index in [9.17, 15) is 15.0 Å². The van der Waals surface area contributed by atoms with Crippen LogP contribution in [-0.4, -0.2) is 22.6 Å². The van der Waals surface area contributed by atoms with E-state index in [0.29, 0.717) is 30.3 Å². The van der Waals surface area contributed by atoms with Gasteiger partial charge in [-0.15, -0.1) is 0 Å². The Hall–Kier alpha value is -3.73. The first-order chi connectivity index (χ1) is 14.1. The minimum atomic E-state index is -0.384. The normalized spacial score (nSPS) is 10.8. The molecule has 5 nitrogen and oxygen atoms in total. The molecular weight excluding hydrogens is 368 g/mol. The first-order valence-electron chi connectivity index (χ1n) is 9.25. The molecule has 0 aromatic heterocycles. The Morgan fingerprint density at radius 2 is 1.76 bits per heavy atom. The van der Waals surface area contributed by atoms with Gasteiger partial charge in [0.1, 0.15) is 29.6 Å². The third kappa shape index (κ3) is 5.39. The largest absolute Gasteiger partial charge is 0.508 e. The number of allylic oxidation sites excluding steroid dienone is 1. The van der Waals surface area contributed by atoms with Crippen molar-refractivity contribution in [2.75, 3.05) is 6.61 Å². The molecule has 0 aliphatic rings. The maximum Gasteiger partial charge on any atom is 0.189 e. The highest BCUT2D eigenvalue weighted by Crippen LogP contribution is 2.28. The summed E-state index contributed by atoms with van der Waals surface area (Å²) in [7, 11) is 0. The predicted molar refractivity (Wildman–Crippen MR) is 112 cm³/mol. The molecule has 0 bridgehead atoms. The number of rotatable bonds is 8. The Bertz CT molecular complexity index is 1010. The lowest BCUT2D eigenvalue weighted by atomic mass is 10.1. The number of benzene rings is 3. The fraction of sp³-hybridized carbons (Fsp3) is 0.125. The van der Waals surface area contributed by atoms with E-state index in [1.165, 1.54) is 18.2 Å². The molecule has 0 spiro atoms. The van der Waals surface area contributed by atoms with Gasteiger partial charge in [0.2, 0.25) is 0 Å². The Labute approximate surface area is 169 Å². The van der Waals surface area contributed by atoms with Crippen LogP contribution in [0, 0.1) is 0 Å². The molecule has 2 N–H and O–H groups in total. The van der Waals surface area contributed by atoms with Crippen LogP contribution in [0.3, 0.4) is 0 Å². The molecule has 0 heterocycles. The molecule has 148 valence electrons. The first-order valence-corrected chi connectivity index (χ1v) is 9.25. The van der Waals surface area contributed by atoms with Crippen molar-refractivity contribution in [3.05, 3.63) is 89.5 Å². The van der Waals surface area contributed by atoms with Crippen LogP contribution in [0.5, 0.6) is 23.0 Å². The van der Waals surface area contributed by atoms with E-state index in [2.05, 4.69) is 0 Å². The summed E-state index contributed by atoms with van der Waals surface area (Å²) in [5.41, 5.74) is 1.84. The average Bonchev–Trinajstić information content (AvgIpc) is 2.72. The second-order valence-corrected chi connectivity index (χ2v) is 6.31. The van der Waals surface area contributed by atoms with Crippen LogP contribution in [0.1, 0.15) is 28.4 Å². The zero-order chi connectivity index (χ0) is 20.6. The number of hydrogen-bond acceptors (Lipinski definition) is 5. The number of carbonyl (C=O) groups is 1. The molecule has 3 rings (SSSR count). The molecule has 0 unspecified atom stereocenters. The first kappa shape index (κ1) is 20.0. The Morgan fingerprint density at radius 3 is 2.48 bits per heavy atom. The van der Waals surface area contributed by atoms with Crippen LogP contribution in [0.25, 0.3) is 6.08 Å². The molecule has 29 heavy (non-hydrogen) atoms. The van der Waals surface area contributed by atoms with E-state index in [0.717, 1.165) is 11.6 Å². The molecule has 0 fully saturated rings. The smallest absolute Gasteiger partial charge is 0.189 e. The number of aromatic hydroxyl groups is 2. The number of ketones is 1. The van der Waals surface area contributed by atoms with Crippen molar-refractivity contribution in [2.45, 2.75) is 13.5 Å². The molecule has 0 radical (unpaired) electrons. The highest BCUT2D eigenvalue weighted by Gasteiger charge is 2.10. The molecule has 0 atom stereocenters. The Kier molecular flexibility index (Phi) is 6.53. The van der Waals surface area contributed by atoms with Gasteiger partial charge in [-0.25, -0.2) is 0 Å². The van der Waals surface area contributed by atoms with E-state index in [-0.39, 0.29) is 22.8 Å². The van der Waals surface area contributed by atoms with Gasteiger partial charge in [0.15, 0.2) is 5.78 Å². The fourth-order valence-electron chi connectivity index (χ4n) is 2.75. The molecule has 5 heteroatoms. The summed E-state index contributed by atoms with van der Waals surface area (Å²) in [5, 5.41) is 19.2. The van der Waals surface area contributed by atoms with Gasteiger partial charge in [-0.05, 0) is 48.9 Å². The third-order valence-electron chi connectivity index (χ3n) is 4.19. The fourth-order valence-corrected chi connectivity index (χ4v) is 2.75. The third-order valence-corrected chi connectivity index (χ3v) is 4.19. The molecule has 0 aliphatic carbocycles. The minimum absolute atomic E-state index is 0.105. The monoisotopic (exact) mass is 390 g/mol. The predicted octanol–water partition coefficient (Wildman–Crippen LogP) is 4.97. The zero-order valence-electron chi connectivity index (χ0n) is 16.0. The number of phenolic OH excluding ortho intramolecular Hbond substituents is 2. The highest BCUT2D eigenvalue weighted by molar-refractivity contribution is 6.08. The summed E-state index contributed by atoms with van der Waals surface area (Å²) in [6.45, 7) is 2.82. The van der Waals surface area contributed by atoms with Crippen LogP contribution in [-0.2, 0) is 6.61 Å². The van der Waals surface area contributed by atoms with Gasteiger partial charge in [0, 0.05) is 17.7 Å². The molecule has 0 amide bonds. The Morgan fingerprint density at radius 1 is 0.966 bits per heavy atom. The summed E-state index contributed by atoms with van der Waals surface area (Å²) in [4.78, 5) is 12.4. The number of phenols is 2. The summed E-state index contributed by atoms with van der Waals surface area (Å²) in [5.74, 6) is 0.498. The lowest BCUT2D eigenvalue weighted by Gasteiger charge is -2.12. The summed E-state index contributed by atoms with van der Waals surface area (Å²) in [6, 6.07) is 19.0. The van der Waals surface area contributed by atoms with Gasteiger partial charge < -0.3 is 19.7 Å². The average molecular weight is 390 g/mol. The lowest BCUT2D eigenvalue weighted by Crippen LogP contribution is -1.99. The van der Waals surface area contributed by atoms with E-state index < -0.39 is 0 Å². The lowest BCUT2D eigenvalue weighted by molar-refractivity contribution is 0.104. The van der Waals surface area contributed by atoms with Crippen LogP contribution < -0.4 is 9.47 Å². The van der Waals surface area contributed by atoms with E-state index in [1.54, 1.807) is 18.2 Å². The quantitative estimate of drug-likeness (QED) is 0.419. The van der Waals surface area contributed by atoms with Crippen molar-refractivity contribution in [1.29, 1.82) is 0 Å². The molecule has 0 saturated carbocycles. The molecule has 3 aromatic rings. The number of carbonyl (C=O) groups excluding carboxylic acids is 1. The highest BCUT2D eigenvalue weighted by atomic mass is 16.5. The van der Waals surface area contributed by atoms with E-state index >= 15 is 0 Å². The maximum absolute atomic E-state index is 12.4. The second kappa shape index (κ2) is 9.46. The summed E-state index contributed by atoms with van der Waals surface area (Å²) < 4.78 is 11.5. The maximum atomic E-state index is 12.4. The topological polar surface area (TPSA) is 76.0 Å². The molecule has 0 saturated heterocycles. The van der Waals surface area contributed by atoms with Crippen molar-refractivity contribution in [3.8, 4) is 23.0 Å². The van der Waals surface area contributed by atoms with Crippen LogP contribution >= 0.6 is 0 Å². The molecule has 3 aromatic carbocycles. The van der Waals surface area contributed by atoms with Gasteiger partial charge in [0.05, 0.1) is 12.2 Å². The summed E-state index contributed by atoms with van der Waals surface area (Å²) >= 11 is 0. The summed E-state index contributed by atoms with van der Waals surface area (Å²) in [6.07, 6.45) is 2.99. The van der Waals surface area contributed by atoms with Crippen LogP contribution in [0.15, 0.2) is 72.8 Å². The molecule has 0 aliphatic heterocycles. The van der Waals surface area contributed by atoms with Crippen molar-refractivity contribution in [1.82, 2.24) is 0 Å². The van der Waals surface area contributed by atoms with Gasteiger partial charge in [-0.3, -0.25) is 4.79 Å². The second-order valence-electron chi connectivity index (χ2n) is 6.31. The van der Waals surface area contributed by atoms with Crippen LogP contribution in [0.4, 0.5) is 0 Å². The van der Waals surface area contributed by atoms with Crippen molar-refractivity contribution >= 4 is 11.9 Å². The van der Waals surface area contributed by atoms with Gasteiger partial charge in [-0.2, -0.15) is 0 Å². The minimum Gasteiger partial charge on any atom is -0.508 e. The van der Waals surface area contributed by atoms with Gasteiger partial charge >= 0.3 is 0 Å². The van der Waals surface area contributed by atoms with E-state index in [4.69, 9.17) is 9.47 Å². The molecular formula is C24H22O5. The van der Waals surface area contributed by atoms with Crippen molar-refractivity contribution in [2.24, 2.45) is 0 Å². The van der Waals surface area contributed by atoms with Crippen LogP contribution in [0.2, 0.25) is 0 Å². The number of hydrogen-bond donors (Lipinski definition) is 2. The van der Waals surface area contributed by atoms with E-state index in [1.807, 2.05) is 43.3 Å².